The van der Waals surface area contributed by atoms with E-state index in [-0.39, 0.29) is 31.3 Å². The van der Waals surface area contributed by atoms with E-state index in [0.717, 1.165) is 5.65 Å². The maximum atomic E-state index is 12.4. The monoisotopic (exact) mass is 365 g/mol. The number of para-hydroxylation sites is 2. The molecule has 8 heteroatoms. The molecule has 0 saturated heterocycles. The molecule has 1 aliphatic heterocycles. The van der Waals surface area contributed by atoms with Crippen molar-refractivity contribution in [3.05, 3.63) is 54.5 Å². The van der Waals surface area contributed by atoms with E-state index in [1.54, 1.807) is 11.8 Å². The lowest BCUT2D eigenvalue weighted by atomic mass is 10.1. The number of rotatable bonds is 5. The van der Waals surface area contributed by atoms with Crippen LogP contribution in [-0.2, 0) is 16.1 Å². The molecule has 138 valence electrons. The molecule has 0 radical (unpaired) electrons. The van der Waals surface area contributed by atoms with Crippen LogP contribution in [0.1, 0.15) is 19.2 Å². The van der Waals surface area contributed by atoms with Crippen LogP contribution in [0.25, 0.3) is 5.65 Å². The highest BCUT2D eigenvalue weighted by Gasteiger charge is 2.31. The Kier molecular flexibility index (Phi) is 4.45. The van der Waals surface area contributed by atoms with Gasteiger partial charge in [-0.05, 0) is 31.2 Å². The van der Waals surface area contributed by atoms with Gasteiger partial charge < -0.3 is 15.0 Å². The molecule has 1 unspecified atom stereocenters. The summed E-state index contributed by atoms with van der Waals surface area (Å²) in [7, 11) is 0. The lowest BCUT2D eigenvalue weighted by Crippen LogP contribution is -2.45. The molecular formula is C19H19N5O3. The van der Waals surface area contributed by atoms with Crippen LogP contribution in [0.3, 0.4) is 0 Å². The van der Waals surface area contributed by atoms with Crippen LogP contribution in [0.2, 0.25) is 0 Å². The molecule has 2 aromatic heterocycles. The summed E-state index contributed by atoms with van der Waals surface area (Å²) in [6.45, 7) is 2.27. The molecule has 0 bridgehead atoms. The van der Waals surface area contributed by atoms with Crippen molar-refractivity contribution in [2.75, 3.05) is 11.4 Å². The van der Waals surface area contributed by atoms with Gasteiger partial charge in [0.25, 0.3) is 5.91 Å². The molecule has 8 nitrogen and oxygen atoms in total. The molecule has 1 N–H and O–H groups in total. The highest BCUT2D eigenvalue weighted by Crippen LogP contribution is 2.33. The van der Waals surface area contributed by atoms with Gasteiger partial charge in [-0.25, -0.2) is 0 Å². The fourth-order valence-corrected chi connectivity index (χ4v) is 3.08. The molecule has 0 fully saturated rings. The number of ether oxygens (including phenoxy) is 1. The van der Waals surface area contributed by atoms with Crippen molar-refractivity contribution < 1.29 is 14.3 Å². The van der Waals surface area contributed by atoms with Gasteiger partial charge in [0, 0.05) is 19.2 Å². The largest absolute Gasteiger partial charge is 0.479 e. The maximum Gasteiger partial charge on any atom is 0.267 e. The number of fused-ring (bicyclic) bond motifs is 2. The Morgan fingerprint density at radius 1 is 1.19 bits per heavy atom. The highest BCUT2D eigenvalue weighted by atomic mass is 16.5. The van der Waals surface area contributed by atoms with Crippen LogP contribution in [0.4, 0.5) is 5.69 Å². The molecule has 1 atom stereocenters. The zero-order chi connectivity index (χ0) is 18.8. The zero-order valence-corrected chi connectivity index (χ0v) is 14.8. The van der Waals surface area contributed by atoms with E-state index in [1.807, 2.05) is 53.1 Å². The minimum atomic E-state index is -0.565. The van der Waals surface area contributed by atoms with E-state index in [0.29, 0.717) is 17.3 Å². The molecule has 2 amide bonds. The van der Waals surface area contributed by atoms with Gasteiger partial charge in [0.15, 0.2) is 17.6 Å². The van der Waals surface area contributed by atoms with Crippen molar-refractivity contribution in [3.63, 3.8) is 0 Å². The summed E-state index contributed by atoms with van der Waals surface area (Å²) in [5.74, 6) is 0.998. The molecule has 4 rings (SSSR count). The third-order valence-electron chi connectivity index (χ3n) is 4.46. The summed E-state index contributed by atoms with van der Waals surface area (Å²) in [4.78, 5) is 26.3. The number of nitrogens with zero attached hydrogens (tertiary/aromatic N) is 4. The Morgan fingerprint density at radius 3 is 2.89 bits per heavy atom. The second-order valence-electron chi connectivity index (χ2n) is 6.29. The average Bonchev–Trinajstić information content (AvgIpc) is 3.10. The summed E-state index contributed by atoms with van der Waals surface area (Å²) in [5, 5.41) is 11.0. The molecular weight excluding hydrogens is 346 g/mol. The predicted octanol–water partition coefficient (Wildman–Crippen LogP) is 1.55. The maximum absolute atomic E-state index is 12.4. The summed E-state index contributed by atoms with van der Waals surface area (Å²) >= 11 is 0. The first-order valence-electron chi connectivity index (χ1n) is 8.76. The third kappa shape index (κ3) is 3.33. The molecule has 3 aromatic rings. The van der Waals surface area contributed by atoms with Crippen molar-refractivity contribution in [2.24, 2.45) is 0 Å². The zero-order valence-electron chi connectivity index (χ0n) is 14.8. The molecule has 1 aliphatic rings. The van der Waals surface area contributed by atoms with Gasteiger partial charge in [-0.2, -0.15) is 0 Å². The van der Waals surface area contributed by atoms with E-state index in [4.69, 9.17) is 4.74 Å². The first kappa shape index (κ1) is 17.0. The van der Waals surface area contributed by atoms with Crippen LogP contribution in [0.15, 0.2) is 48.7 Å². The van der Waals surface area contributed by atoms with E-state index in [2.05, 4.69) is 15.5 Å². The fourth-order valence-electron chi connectivity index (χ4n) is 3.08. The van der Waals surface area contributed by atoms with E-state index >= 15 is 0 Å². The van der Waals surface area contributed by atoms with Gasteiger partial charge in [0.05, 0.1) is 12.2 Å². The van der Waals surface area contributed by atoms with Crippen LogP contribution in [0.5, 0.6) is 5.75 Å². The molecule has 3 heterocycles. The van der Waals surface area contributed by atoms with Crippen LogP contribution in [-0.4, -0.2) is 39.1 Å². The predicted molar refractivity (Wildman–Crippen MR) is 98.3 cm³/mol. The number of carbonyl (C=O) groups excluding carboxylic acids is 2. The first-order chi connectivity index (χ1) is 13.1. The second kappa shape index (κ2) is 7.06. The summed E-state index contributed by atoms with van der Waals surface area (Å²) < 4.78 is 7.43. The number of hydrogen-bond acceptors (Lipinski definition) is 5. The summed E-state index contributed by atoms with van der Waals surface area (Å²) in [5.41, 5.74) is 1.42. The number of anilines is 1. The van der Waals surface area contributed by atoms with Crippen molar-refractivity contribution in [2.45, 2.75) is 26.0 Å². The molecule has 27 heavy (non-hydrogen) atoms. The lowest BCUT2D eigenvalue weighted by Gasteiger charge is -2.32. The number of hydrogen-bond donors (Lipinski definition) is 1. The topological polar surface area (TPSA) is 88.8 Å². The minimum Gasteiger partial charge on any atom is -0.479 e. The van der Waals surface area contributed by atoms with E-state index in [9.17, 15) is 9.59 Å². The molecule has 1 aromatic carbocycles. The smallest absolute Gasteiger partial charge is 0.267 e. The van der Waals surface area contributed by atoms with Crippen molar-refractivity contribution in [3.8, 4) is 5.75 Å². The van der Waals surface area contributed by atoms with Gasteiger partial charge in [-0.1, -0.05) is 18.2 Å². The second-order valence-corrected chi connectivity index (χ2v) is 6.29. The average molecular weight is 365 g/mol. The normalized spacial score (nSPS) is 16.1. The Morgan fingerprint density at radius 2 is 2.00 bits per heavy atom. The SMILES string of the molecule is CC1Oc2ccccc2N(CCC(=O)NCc2nnc3ccccn23)C1=O. The van der Waals surface area contributed by atoms with E-state index in [1.165, 1.54) is 0 Å². The van der Waals surface area contributed by atoms with Crippen molar-refractivity contribution in [1.29, 1.82) is 0 Å². The summed E-state index contributed by atoms with van der Waals surface area (Å²) in [6.07, 6.45) is 1.47. The van der Waals surface area contributed by atoms with E-state index < -0.39 is 6.10 Å². The number of pyridine rings is 1. The van der Waals surface area contributed by atoms with Gasteiger partial charge in [-0.15, -0.1) is 10.2 Å². The Bertz CT molecular complexity index is 1000. The molecule has 0 spiro atoms. The number of benzene rings is 1. The van der Waals surface area contributed by atoms with Gasteiger partial charge in [-0.3, -0.25) is 14.0 Å². The number of aromatic nitrogens is 3. The third-order valence-corrected chi connectivity index (χ3v) is 4.46. The Balaban J connectivity index is 1.38. The first-order valence-corrected chi connectivity index (χ1v) is 8.76. The quantitative estimate of drug-likeness (QED) is 0.741. The Hall–Kier alpha value is -3.42. The van der Waals surface area contributed by atoms with Gasteiger partial charge in [0.1, 0.15) is 5.75 Å². The summed E-state index contributed by atoms with van der Waals surface area (Å²) in [6, 6.07) is 12.9. The van der Waals surface area contributed by atoms with Crippen molar-refractivity contribution in [1.82, 2.24) is 19.9 Å². The Labute approximate surface area is 155 Å². The van der Waals surface area contributed by atoms with Crippen LogP contribution >= 0.6 is 0 Å². The van der Waals surface area contributed by atoms with Crippen molar-refractivity contribution >= 4 is 23.1 Å². The standard InChI is InChI=1S/C19H19N5O3/c1-13-19(26)23(14-6-2-3-7-15(14)27-13)11-9-18(25)20-12-17-22-21-16-8-4-5-10-24(16)17/h2-8,10,13H,9,11-12H2,1H3,(H,20,25). The minimum absolute atomic E-state index is 0.148. The number of amides is 2. The molecule has 0 aliphatic carbocycles. The van der Waals surface area contributed by atoms with Crippen LogP contribution < -0.4 is 15.0 Å². The van der Waals surface area contributed by atoms with Gasteiger partial charge >= 0.3 is 0 Å². The highest BCUT2D eigenvalue weighted by molar-refractivity contribution is 6.00. The number of carbonyl (C=O) groups is 2. The van der Waals surface area contributed by atoms with Gasteiger partial charge in [0.2, 0.25) is 5.91 Å². The van der Waals surface area contributed by atoms with Crippen LogP contribution in [0, 0.1) is 0 Å². The molecule has 0 saturated carbocycles. The lowest BCUT2D eigenvalue weighted by molar-refractivity contribution is -0.125. The number of nitrogens with one attached hydrogen (secondary N) is 1. The fraction of sp³-hybridized carbons (Fsp3) is 0.263.